The van der Waals surface area contributed by atoms with Gasteiger partial charge in [-0.2, -0.15) is 5.10 Å². The van der Waals surface area contributed by atoms with Gasteiger partial charge in [0.1, 0.15) is 29.2 Å². The van der Waals surface area contributed by atoms with E-state index >= 15 is 0 Å². The number of nitrogens with one attached hydrogen (secondary N) is 2. The van der Waals surface area contributed by atoms with Crippen LogP contribution in [0.25, 0.3) is 11.0 Å². The van der Waals surface area contributed by atoms with Gasteiger partial charge < -0.3 is 25.1 Å². The van der Waals surface area contributed by atoms with Crippen LogP contribution in [0.1, 0.15) is 79.0 Å². The molecule has 0 spiro atoms. The molecule has 4 rings (SSSR count). The number of primary amides is 1. The van der Waals surface area contributed by atoms with Crippen LogP contribution in [0, 0.1) is 6.92 Å². The van der Waals surface area contributed by atoms with Gasteiger partial charge in [-0.25, -0.2) is 9.78 Å². The molecule has 3 amide bonds. The minimum Gasteiger partial charge on any atom is -0.489 e. The molecule has 1 aliphatic heterocycles. The van der Waals surface area contributed by atoms with Crippen molar-refractivity contribution in [3.63, 3.8) is 0 Å². The standard InChI is InChI=1S/C28H37N7O5/c1-6-7-8-12-34-21(13-17(2)33-34)25(37)32-26-31-20-14-18(24(29)36)15-22-23(20)35(26)19(16-39-22)10-9-11-30-27(38)40-28(3,4)5/h6,13-15,19H,1,7-12,16H2,2-5H3,(H2,29,36)(H,30,38)(H,31,32,37)/t19-/m0/s1. The van der Waals surface area contributed by atoms with Crippen LogP contribution in [-0.2, 0) is 11.3 Å². The molecule has 2 aromatic heterocycles. The molecule has 0 aliphatic carbocycles. The quantitative estimate of drug-likeness (QED) is 0.239. The average Bonchev–Trinajstić information content (AvgIpc) is 3.43. The van der Waals surface area contributed by atoms with E-state index in [1.165, 1.54) is 0 Å². The molecule has 4 N–H and O–H groups in total. The van der Waals surface area contributed by atoms with E-state index in [1.807, 2.05) is 38.3 Å². The Bertz CT molecular complexity index is 1430. The molecule has 12 nitrogen and oxygen atoms in total. The summed E-state index contributed by atoms with van der Waals surface area (Å²) in [6.45, 7) is 12.3. The number of hydrogen-bond donors (Lipinski definition) is 3. The summed E-state index contributed by atoms with van der Waals surface area (Å²) in [5, 5.41) is 10.2. The third-order valence-electron chi connectivity index (χ3n) is 6.35. The number of nitrogens with two attached hydrogens (primary N) is 1. The zero-order valence-electron chi connectivity index (χ0n) is 23.5. The Morgan fingerprint density at radius 2 is 2.02 bits per heavy atom. The summed E-state index contributed by atoms with van der Waals surface area (Å²) in [6.07, 6.45) is 4.23. The van der Waals surface area contributed by atoms with Crippen LogP contribution < -0.4 is 21.1 Å². The first-order valence-electron chi connectivity index (χ1n) is 13.4. The summed E-state index contributed by atoms with van der Waals surface area (Å²) in [4.78, 5) is 42.1. The van der Waals surface area contributed by atoms with Gasteiger partial charge in [0, 0.05) is 18.7 Å². The summed E-state index contributed by atoms with van der Waals surface area (Å²) in [7, 11) is 0. The fraction of sp³-hybridized carbons (Fsp3) is 0.464. The van der Waals surface area contributed by atoms with Gasteiger partial charge in [-0.1, -0.05) is 6.08 Å². The summed E-state index contributed by atoms with van der Waals surface area (Å²) in [5.41, 5.74) is 7.51. The van der Waals surface area contributed by atoms with E-state index in [-0.39, 0.29) is 24.1 Å². The second-order valence-corrected chi connectivity index (χ2v) is 10.8. The van der Waals surface area contributed by atoms with E-state index < -0.39 is 17.6 Å². The van der Waals surface area contributed by atoms with Crippen molar-refractivity contribution in [3.8, 4) is 5.75 Å². The van der Waals surface area contributed by atoms with Gasteiger partial charge in [0.2, 0.25) is 11.9 Å². The number of rotatable bonds is 11. The lowest BCUT2D eigenvalue weighted by molar-refractivity contribution is 0.0525. The number of benzene rings is 1. The molecular formula is C28H37N7O5. The number of allylic oxidation sites excluding steroid dienone is 1. The van der Waals surface area contributed by atoms with Crippen molar-refractivity contribution in [3.05, 3.63) is 47.8 Å². The maximum Gasteiger partial charge on any atom is 0.407 e. The Labute approximate surface area is 232 Å². The highest BCUT2D eigenvalue weighted by atomic mass is 16.6. The Hall–Kier alpha value is -4.35. The van der Waals surface area contributed by atoms with Gasteiger partial charge in [-0.05, 0) is 71.6 Å². The number of amides is 3. The number of carbonyl (C=O) groups excluding carboxylic acids is 3. The van der Waals surface area contributed by atoms with Gasteiger partial charge in [0.25, 0.3) is 5.91 Å². The largest absolute Gasteiger partial charge is 0.489 e. The van der Waals surface area contributed by atoms with Crippen LogP contribution in [0.2, 0.25) is 0 Å². The number of aryl methyl sites for hydroxylation is 2. The number of ether oxygens (including phenoxy) is 2. The van der Waals surface area contributed by atoms with Crippen molar-refractivity contribution < 1.29 is 23.9 Å². The number of alkyl carbamates (subject to hydrolysis) is 1. The van der Waals surface area contributed by atoms with E-state index in [0.29, 0.717) is 54.4 Å². The molecule has 12 heteroatoms. The second-order valence-electron chi connectivity index (χ2n) is 10.8. The molecule has 1 aromatic carbocycles. The van der Waals surface area contributed by atoms with Crippen LogP contribution in [0.5, 0.6) is 5.75 Å². The van der Waals surface area contributed by atoms with E-state index in [0.717, 1.165) is 18.5 Å². The first kappa shape index (κ1) is 28.7. The van der Waals surface area contributed by atoms with Crippen molar-refractivity contribution >= 4 is 34.9 Å². The second kappa shape index (κ2) is 11.8. The maximum atomic E-state index is 13.4. The molecule has 0 unspecified atom stereocenters. The van der Waals surface area contributed by atoms with Crippen LogP contribution in [0.4, 0.5) is 10.7 Å². The Morgan fingerprint density at radius 1 is 1.25 bits per heavy atom. The van der Waals surface area contributed by atoms with E-state index in [1.54, 1.807) is 22.9 Å². The molecule has 1 aliphatic rings. The van der Waals surface area contributed by atoms with E-state index in [9.17, 15) is 14.4 Å². The number of imidazole rings is 1. The molecular weight excluding hydrogens is 514 g/mol. The van der Waals surface area contributed by atoms with Crippen LogP contribution in [0.15, 0.2) is 30.9 Å². The molecule has 3 heterocycles. The predicted molar refractivity (Wildman–Crippen MR) is 151 cm³/mol. The monoisotopic (exact) mass is 551 g/mol. The smallest absolute Gasteiger partial charge is 0.407 e. The lowest BCUT2D eigenvalue weighted by Gasteiger charge is -2.27. The average molecular weight is 552 g/mol. The SMILES string of the molecule is C=CCCCn1nc(C)cc1C(=O)Nc1nc2cc(C(N)=O)cc3c2n1[C@@H](CCCNC(=O)OC(C)(C)C)CO3. The molecule has 0 fully saturated rings. The molecule has 0 saturated carbocycles. The predicted octanol–water partition coefficient (Wildman–Crippen LogP) is 4.10. The van der Waals surface area contributed by atoms with Gasteiger partial charge in [-0.3, -0.25) is 19.6 Å². The molecule has 0 radical (unpaired) electrons. The fourth-order valence-electron chi connectivity index (χ4n) is 4.66. The first-order chi connectivity index (χ1) is 19.0. The summed E-state index contributed by atoms with van der Waals surface area (Å²) in [5.74, 6) is -0.157. The van der Waals surface area contributed by atoms with Crippen LogP contribution >= 0.6 is 0 Å². The zero-order chi connectivity index (χ0) is 29.0. The minimum absolute atomic E-state index is 0.188. The molecule has 0 bridgehead atoms. The number of aromatic nitrogens is 4. The minimum atomic E-state index is -0.601. The molecule has 1 atom stereocenters. The van der Waals surface area contributed by atoms with E-state index in [2.05, 4.69) is 27.3 Å². The zero-order valence-corrected chi connectivity index (χ0v) is 23.5. The summed E-state index contributed by atoms with van der Waals surface area (Å²) >= 11 is 0. The number of unbranched alkanes of at least 4 members (excludes halogenated alkanes) is 1. The summed E-state index contributed by atoms with van der Waals surface area (Å²) < 4.78 is 14.9. The Morgan fingerprint density at radius 3 is 2.73 bits per heavy atom. The number of hydrogen-bond acceptors (Lipinski definition) is 7. The van der Waals surface area contributed by atoms with Crippen molar-refractivity contribution in [2.45, 2.75) is 71.6 Å². The number of carbonyl (C=O) groups is 3. The highest BCUT2D eigenvalue weighted by Crippen LogP contribution is 2.38. The lowest BCUT2D eigenvalue weighted by atomic mass is 10.1. The van der Waals surface area contributed by atoms with Crippen LogP contribution in [-0.4, -0.2) is 56.0 Å². The van der Waals surface area contributed by atoms with Crippen molar-refractivity contribution in [2.24, 2.45) is 5.73 Å². The van der Waals surface area contributed by atoms with Crippen molar-refractivity contribution in [1.29, 1.82) is 0 Å². The van der Waals surface area contributed by atoms with Crippen molar-refractivity contribution in [1.82, 2.24) is 24.6 Å². The third kappa shape index (κ3) is 6.61. The lowest BCUT2D eigenvalue weighted by Crippen LogP contribution is -2.33. The maximum absolute atomic E-state index is 13.4. The topological polar surface area (TPSA) is 155 Å². The Balaban J connectivity index is 1.59. The number of anilines is 1. The Kier molecular flexibility index (Phi) is 8.46. The van der Waals surface area contributed by atoms with Crippen LogP contribution in [0.3, 0.4) is 0 Å². The molecule has 214 valence electrons. The molecule has 40 heavy (non-hydrogen) atoms. The first-order valence-corrected chi connectivity index (χ1v) is 13.4. The highest BCUT2D eigenvalue weighted by molar-refractivity contribution is 6.04. The third-order valence-corrected chi connectivity index (χ3v) is 6.35. The normalized spacial score (nSPS) is 14.4. The highest BCUT2D eigenvalue weighted by Gasteiger charge is 2.29. The van der Waals surface area contributed by atoms with E-state index in [4.69, 9.17) is 15.2 Å². The molecule has 0 saturated heterocycles. The van der Waals surface area contributed by atoms with Gasteiger partial charge in [0.15, 0.2) is 0 Å². The van der Waals surface area contributed by atoms with Gasteiger partial charge >= 0.3 is 6.09 Å². The van der Waals surface area contributed by atoms with Gasteiger partial charge in [0.05, 0.1) is 17.3 Å². The molecule has 3 aromatic rings. The van der Waals surface area contributed by atoms with Crippen molar-refractivity contribution in [2.75, 3.05) is 18.5 Å². The fourth-order valence-corrected chi connectivity index (χ4v) is 4.66. The number of nitrogens with zero attached hydrogens (tertiary/aromatic N) is 4. The van der Waals surface area contributed by atoms with Gasteiger partial charge in [-0.15, -0.1) is 6.58 Å². The summed E-state index contributed by atoms with van der Waals surface area (Å²) in [6, 6.07) is 4.73.